The Morgan fingerprint density at radius 2 is 1.50 bits per heavy atom. The summed E-state index contributed by atoms with van der Waals surface area (Å²) < 4.78 is 24.9. The van der Waals surface area contributed by atoms with Crippen LogP contribution in [0.1, 0.15) is 44.9 Å². The van der Waals surface area contributed by atoms with Gasteiger partial charge in [-0.25, -0.2) is 12.7 Å². The first-order valence-corrected chi connectivity index (χ1v) is 11.7. The van der Waals surface area contributed by atoms with E-state index in [1.54, 1.807) is 0 Å². The van der Waals surface area contributed by atoms with Crippen LogP contribution >= 0.6 is 0 Å². The summed E-state index contributed by atoms with van der Waals surface area (Å²) in [6.07, 6.45) is 8.15. The van der Waals surface area contributed by atoms with Gasteiger partial charge in [-0.3, -0.25) is 9.59 Å². The zero-order valence-electron chi connectivity index (χ0n) is 15.7. The second-order valence-corrected chi connectivity index (χ2v) is 10.0. The SMILES string of the molecule is CS(=O)(=O)N1CCCC(C(=O)N2CCN(C(=O)CC3CCCC3)CC2)C1. The fourth-order valence-electron chi connectivity index (χ4n) is 4.47. The smallest absolute Gasteiger partial charge is 0.227 e. The van der Waals surface area contributed by atoms with Crippen molar-refractivity contribution in [2.45, 2.75) is 44.9 Å². The van der Waals surface area contributed by atoms with E-state index in [1.807, 2.05) is 9.80 Å². The summed E-state index contributed by atoms with van der Waals surface area (Å²) in [5.41, 5.74) is 0. The number of carbonyl (C=O) groups is 2. The average molecular weight is 386 g/mol. The van der Waals surface area contributed by atoms with Gasteiger partial charge < -0.3 is 9.80 Å². The Labute approximate surface area is 156 Å². The van der Waals surface area contributed by atoms with Crippen LogP contribution in [0, 0.1) is 11.8 Å². The molecule has 0 aromatic heterocycles. The fourth-order valence-corrected chi connectivity index (χ4v) is 5.38. The molecule has 2 saturated heterocycles. The van der Waals surface area contributed by atoms with E-state index in [0.717, 1.165) is 12.8 Å². The predicted molar refractivity (Wildman–Crippen MR) is 98.9 cm³/mol. The Morgan fingerprint density at radius 1 is 0.885 bits per heavy atom. The molecule has 1 unspecified atom stereocenters. The lowest BCUT2D eigenvalue weighted by atomic mass is 9.97. The van der Waals surface area contributed by atoms with Crippen LogP contribution in [0.5, 0.6) is 0 Å². The van der Waals surface area contributed by atoms with Crippen LogP contribution in [0.3, 0.4) is 0 Å². The third-order valence-electron chi connectivity index (χ3n) is 6.08. The molecule has 8 heteroatoms. The first-order chi connectivity index (χ1) is 12.3. The van der Waals surface area contributed by atoms with E-state index in [2.05, 4.69) is 0 Å². The van der Waals surface area contributed by atoms with Crippen LogP contribution in [0.2, 0.25) is 0 Å². The molecule has 3 aliphatic rings. The number of rotatable bonds is 4. The molecule has 1 aliphatic carbocycles. The summed E-state index contributed by atoms with van der Waals surface area (Å²) in [4.78, 5) is 28.9. The van der Waals surface area contributed by atoms with E-state index >= 15 is 0 Å². The van der Waals surface area contributed by atoms with Crippen molar-refractivity contribution in [2.75, 3.05) is 45.5 Å². The molecule has 0 spiro atoms. The van der Waals surface area contributed by atoms with Gasteiger partial charge >= 0.3 is 0 Å². The lowest BCUT2D eigenvalue weighted by molar-refractivity contribution is -0.143. The van der Waals surface area contributed by atoms with Gasteiger partial charge in [-0.1, -0.05) is 12.8 Å². The molecule has 1 saturated carbocycles. The lowest BCUT2D eigenvalue weighted by Gasteiger charge is -2.38. The lowest BCUT2D eigenvalue weighted by Crippen LogP contribution is -2.54. The van der Waals surface area contributed by atoms with Crippen LogP contribution in [0.15, 0.2) is 0 Å². The van der Waals surface area contributed by atoms with Crippen LogP contribution in [-0.4, -0.2) is 79.9 Å². The maximum absolute atomic E-state index is 12.8. The Morgan fingerprint density at radius 3 is 2.12 bits per heavy atom. The normalized spacial score (nSPS) is 26.3. The molecule has 0 aromatic carbocycles. The zero-order valence-corrected chi connectivity index (χ0v) is 16.5. The Hall–Kier alpha value is -1.15. The average Bonchev–Trinajstić information content (AvgIpc) is 3.13. The fraction of sp³-hybridized carbons (Fsp3) is 0.889. The number of sulfonamides is 1. The van der Waals surface area contributed by atoms with Gasteiger partial charge in [0.05, 0.1) is 12.2 Å². The predicted octanol–water partition coefficient (Wildman–Crippen LogP) is 0.909. The van der Waals surface area contributed by atoms with E-state index < -0.39 is 10.0 Å². The van der Waals surface area contributed by atoms with Gasteiger partial charge in [-0.2, -0.15) is 0 Å². The summed E-state index contributed by atoms with van der Waals surface area (Å²) in [5.74, 6) is 0.566. The molecule has 2 heterocycles. The number of carbonyl (C=O) groups excluding carboxylic acids is 2. The minimum absolute atomic E-state index is 0.0428. The highest BCUT2D eigenvalue weighted by atomic mass is 32.2. The molecule has 2 aliphatic heterocycles. The van der Waals surface area contributed by atoms with Crippen molar-refractivity contribution in [3.05, 3.63) is 0 Å². The molecule has 0 aromatic rings. The highest BCUT2D eigenvalue weighted by molar-refractivity contribution is 7.88. The number of amides is 2. The van der Waals surface area contributed by atoms with Crippen molar-refractivity contribution >= 4 is 21.8 Å². The Balaban J connectivity index is 1.48. The molecule has 3 fully saturated rings. The molecule has 1 atom stereocenters. The van der Waals surface area contributed by atoms with E-state index in [9.17, 15) is 18.0 Å². The van der Waals surface area contributed by atoms with Gasteiger partial charge in [-0.15, -0.1) is 0 Å². The third-order valence-corrected chi connectivity index (χ3v) is 7.35. The largest absolute Gasteiger partial charge is 0.339 e. The molecule has 2 amide bonds. The quantitative estimate of drug-likeness (QED) is 0.721. The first kappa shape index (κ1) is 19.6. The van der Waals surface area contributed by atoms with Crippen molar-refractivity contribution < 1.29 is 18.0 Å². The molecule has 26 heavy (non-hydrogen) atoms. The number of nitrogens with zero attached hydrogens (tertiary/aromatic N) is 3. The van der Waals surface area contributed by atoms with Gasteiger partial charge in [0, 0.05) is 45.7 Å². The molecule has 0 bridgehead atoms. The van der Waals surface area contributed by atoms with Crippen LogP contribution in [0.4, 0.5) is 0 Å². The second-order valence-electron chi connectivity index (χ2n) is 8.02. The van der Waals surface area contributed by atoms with E-state index in [1.165, 1.54) is 36.2 Å². The van der Waals surface area contributed by atoms with Gasteiger partial charge in [0.2, 0.25) is 21.8 Å². The summed E-state index contributed by atoms with van der Waals surface area (Å²) in [6, 6.07) is 0. The first-order valence-electron chi connectivity index (χ1n) is 9.86. The van der Waals surface area contributed by atoms with Crippen LogP contribution < -0.4 is 0 Å². The van der Waals surface area contributed by atoms with Crippen molar-refractivity contribution in [1.29, 1.82) is 0 Å². The number of piperidine rings is 1. The highest BCUT2D eigenvalue weighted by Crippen LogP contribution is 2.28. The Kier molecular flexibility index (Phi) is 6.22. The molecule has 0 N–H and O–H groups in total. The summed E-state index contributed by atoms with van der Waals surface area (Å²) >= 11 is 0. The standard InChI is InChI=1S/C18H31N3O4S/c1-26(24,25)21-8-4-7-16(14-21)18(23)20-11-9-19(10-12-20)17(22)13-15-5-2-3-6-15/h15-16H,2-14H2,1H3. The van der Waals surface area contributed by atoms with Gasteiger partial charge in [0.15, 0.2) is 0 Å². The van der Waals surface area contributed by atoms with Gasteiger partial charge in [0.1, 0.15) is 0 Å². The maximum atomic E-state index is 12.8. The molecule has 7 nitrogen and oxygen atoms in total. The third kappa shape index (κ3) is 4.76. The summed E-state index contributed by atoms with van der Waals surface area (Å²) in [5, 5.41) is 0. The monoisotopic (exact) mass is 385 g/mol. The maximum Gasteiger partial charge on any atom is 0.227 e. The second kappa shape index (κ2) is 8.25. The van der Waals surface area contributed by atoms with Crippen molar-refractivity contribution in [2.24, 2.45) is 11.8 Å². The molecular formula is C18H31N3O4S. The van der Waals surface area contributed by atoms with E-state index in [-0.39, 0.29) is 17.7 Å². The van der Waals surface area contributed by atoms with E-state index in [4.69, 9.17) is 0 Å². The molecular weight excluding hydrogens is 354 g/mol. The summed E-state index contributed by atoms with van der Waals surface area (Å²) in [7, 11) is -3.24. The van der Waals surface area contributed by atoms with Gasteiger partial charge in [-0.05, 0) is 31.6 Å². The molecule has 0 radical (unpaired) electrons. The zero-order chi connectivity index (χ0) is 18.7. The molecule has 148 valence electrons. The highest BCUT2D eigenvalue weighted by Gasteiger charge is 2.34. The number of hydrogen-bond acceptors (Lipinski definition) is 4. The van der Waals surface area contributed by atoms with Crippen LogP contribution in [-0.2, 0) is 19.6 Å². The summed E-state index contributed by atoms with van der Waals surface area (Å²) in [6.45, 7) is 3.11. The van der Waals surface area contributed by atoms with Crippen molar-refractivity contribution in [1.82, 2.24) is 14.1 Å². The number of hydrogen-bond donors (Lipinski definition) is 0. The minimum atomic E-state index is -3.24. The van der Waals surface area contributed by atoms with Gasteiger partial charge in [0.25, 0.3) is 0 Å². The van der Waals surface area contributed by atoms with Crippen molar-refractivity contribution in [3.63, 3.8) is 0 Å². The van der Waals surface area contributed by atoms with E-state index in [0.29, 0.717) is 51.6 Å². The van der Waals surface area contributed by atoms with Crippen molar-refractivity contribution in [3.8, 4) is 0 Å². The Bertz CT molecular complexity index is 622. The van der Waals surface area contributed by atoms with Crippen LogP contribution in [0.25, 0.3) is 0 Å². The minimum Gasteiger partial charge on any atom is -0.339 e. The topological polar surface area (TPSA) is 78.0 Å². The number of piperazine rings is 1. The molecule has 3 rings (SSSR count).